The first kappa shape index (κ1) is 9.38. The van der Waals surface area contributed by atoms with E-state index in [9.17, 15) is 0 Å². The molecule has 0 bridgehead atoms. The Morgan fingerprint density at radius 1 is 0.824 bits per heavy atom. The highest BCUT2D eigenvalue weighted by Crippen LogP contribution is 2.31. The second-order valence-electron chi connectivity index (χ2n) is 3.95. The number of aromatic nitrogens is 4. The molecule has 0 spiro atoms. The summed E-state index contributed by atoms with van der Waals surface area (Å²) >= 11 is 2.50. The van der Waals surface area contributed by atoms with Crippen LogP contribution in [0, 0.1) is 6.92 Å². The molecule has 0 fully saturated rings. The molecule has 0 saturated heterocycles. The Balaban J connectivity index is 2.39. The summed E-state index contributed by atoms with van der Waals surface area (Å²) < 4.78 is 17.3. The van der Waals surface area contributed by atoms with Gasteiger partial charge in [-0.1, -0.05) is 0 Å². The first-order valence-corrected chi connectivity index (χ1v) is 6.57. The molecule has 0 saturated carbocycles. The number of aryl methyl sites for hydroxylation is 1. The number of hydrogen-bond donors (Lipinski definition) is 0. The van der Waals surface area contributed by atoms with Crippen molar-refractivity contribution < 1.29 is 0 Å². The Morgan fingerprint density at radius 2 is 1.59 bits per heavy atom. The molecule has 0 aliphatic carbocycles. The van der Waals surface area contributed by atoms with Gasteiger partial charge in [0, 0.05) is 10.8 Å². The SMILES string of the molecule is Cc1cc2c(ccc3nsnc32)c2nsnc12. The maximum atomic E-state index is 4.38. The summed E-state index contributed by atoms with van der Waals surface area (Å²) in [4.78, 5) is 0. The van der Waals surface area contributed by atoms with Gasteiger partial charge in [0.2, 0.25) is 0 Å². The molecule has 2 heterocycles. The van der Waals surface area contributed by atoms with E-state index in [1.54, 1.807) is 0 Å². The molecule has 4 rings (SSSR count). The first-order chi connectivity index (χ1) is 8.34. The van der Waals surface area contributed by atoms with E-state index in [-0.39, 0.29) is 0 Å². The summed E-state index contributed by atoms with van der Waals surface area (Å²) in [5, 5.41) is 2.23. The third kappa shape index (κ3) is 1.16. The van der Waals surface area contributed by atoms with Gasteiger partial charge in [0.05, 0.1) is 23.5 Å². The van der Waals surface area contributed by atoms with Crippen LogP contribution < -0.4 is 0 Å². The van der Waals surface area contributed by atoms with E-state index in [0.717, 1.165) is 38.4 Å². The molecule has 0 radical (unpaired) electrons. The molecular weight excluding hydrogens is 252 g/mol. The maximum Gasteiger partial charge on any atom is 0.112 e. The quantitative estimate of drug-likeness (QED) is 0.486. The van der Waals surface area contributed by atoms with E-state index in [4.69, 9.17) is 0 Å². The molecular formula is C11H6N4S2. The minimum atomic E-state index is 0.949. The molecule has 0 aliphatic heterocycles. The van der Waals surface area contributed by atoms with Gasteiger partial charge in [-0.3, -0.25) is 0 Å². The van der Waals surface area contributed by atoms with Crippen LogP contribution in [0.2, 0.25) is 0 Å². The van der Waals surface area contributed by atoms with Gasteiger partial charge < -0.3 is 0 Å². The van der Waals surface area contributed by atoms with Crippen molar-refractivity contribution in [2.45, 2.75) is 6.92 Å². The van der Waals surface area contributed by atoms with Gasteiger partial charge in [-0.2, -0.15) is 17.5 Å². The van der Waals surface area contributed by atoms with Crippen molar-refractivity contribution in [1.29, 1.82) is 0 Å². The number of hydrogen-bond acceptors (Lipinski definition) is 6. The fourth-order valence-electron chi connectivity index (χ4n) is 2.13. The van der Waals surface area contributed by atoms with Gasteiger partial charge >= 0.3 is 0 Å². The van der Waals surface area contributed by atoms with Crippen LogP contribution in [0.25, 0.3) is 32.8 Å². The lowest BCUT2D eigenvalue weighted by Crippen LogP contribution is -1.83. The number of rotatable bonds is 0. The predicted molar refractivity (Wildman–Crippen MR) is 70.6 cm³/mol. The second-order valence-corrected chi connectivity index (χ2v) is 5.00. The fraction of sp³-hybridized carbons (Fsp3) is 0.0909. The molecule has 6 heteroatoms. The normalized spacial score (nSPS) is 11.8. The zero-order valence-corrected chi connectivity index (χ0v) is 10.5. The van der Waals surface area contributed by atoms with E-state index in [2.05, 4.69) is 36.6 Å². The Morgan fingerprint density at radius 3 is 2.53 bits per heavy atom. The van der Waals surface area contributed by atoms with E-state index in [0.29, 0.717) is 0 Å². The molecule has 2 aromatic carbocycles. The Hall–Kier alpha value is -1.66. The van der Waals surface area contributed by atoms with E-state index in [1.165, 1.54) is 23.5 Å². The average molecular weight is 258 g/mol. The lowest BCUT2D eigenvalue weighted by Gasteiger charge is -2.01. The van der Waals surface area contributed by atoms with Crippen LogP contribution >= 0.6 is 23.5 Å². The van der Waals surface area contributed by atoms with Crippen LogP contribution in [0.5, 0.6) is 0 Å². The van der Waals surface area contributed by atoms with Crippen molar-refractivity contribution in [3.63, 3.8) is 0 Å². The third-order valence-corrected chi connectivity index (χ3v) is 4.02. The lowest BCUT2D eigenvalue weighted by atomic mass is 10.0. The topological polar surface area (TPSA) is 51.6 Å². The van der Waals surface area contributed by atoms with Crippen molar-refractivity contribution in [3.05, 3.63) is 23.8 Å². The van der Waals surface area contributed by atoms with E-state index in [1.807, 2.05) is 6.07 Å². The summed E-state index contributed by atoms with van der Waals surface area (Å²) in [6.45, 7) is 2.06. The summed E-state index contributed by atoms with van der Waals surface area (Å²) in [6.07, 6.45) is 0. The van der Waals surface area contributed by atoms with Crippen molar-refractivity contribution >= 4 is 56.3 Å². The van der Waals surface area contributed by atoms with Crippen molar-refractivity contribution in [2.75, 3.05) is 0 Å². The Bertz CT molecular complexity index is 862. The van der Waals surface area contributed by atoms with Gasteiger partial charge in [-0.05, 0) is 30.7 Å². The summed E-state index contributed by atoms with van der Waals surface area (Å²) in [5.74, 6) is 0. The monoisotopic (exact) mass is 258 g/mol. The molecule has 2 aromatic heterocycles. The number of fused-ring (bicyclic) bond motifs is 5. The molecule has 82 valence electrons. The van der Waals surface area contributed by atoms with Crippen LogP contribution in [-0.2, 0) is 0 Å². The summed E-state index contributed by atoms with van der Waals surface area (Å²) in [7, 11) is 0. The predicted octanol–water partition coefficient (Wildman–Crippen LogP) is 3.16. The van der Waals surface area contributed by atoms with Crippen LogP contribution in [0.1, 0.15) is 5.56 Å². The van der Waals surface area contributed by atoms with Gasteiger partial charge in [0.25, 0.3) is 0 Å². The van der Waals surface area contributed by atoms with Crippen molar-refractivity contribution in [2.24, 2.45) is 0 Å². The smallest absolute Gasteiger partial charge is 0.112 e. The van der Waals surface area contributed by atoms with Crippen LogP contribution in [-0.4, -0.2) is 17.5 Å². The van der Waals surface area contributed by atoms with Crippen LogP contribution in [0.15, 0.2) is 18.2 Å². The zero-order valence-electron chi connectivity index (χ0n) is 8.84. The molecule has 0 unspecified atom stereocenters. The van der Waals surface area contributed by atoms with Crippen LogP contribution in [0.3, 0.4) is 0 Å². The van der Waals surface area contributed by atoms with E-state index < -0.39 is 0 Å². The first-order valence-electron chi connectivity index (χ1n) is 5.11. The van der Waals surface area contributed by atoms with Crippen molar-refractivity contribution in [1.82, 2.24) is 17.5 Å². The number of nitrogens with zero attached hydrogens (tertiary/aromatic N) is 4. The number of benzene rings is 2. The zero-order chi connectivity index (χ0) is 11.4. The van der Waals surface area contributed by atoms with E-state index >= 15 is 0 Å². The Kier molecular flexibility index (Phi) is 1.75. The molecule has 17 heavy (non-hydrogen) atoms. The highest BCUT2D eigenvalue weighted by Gasteiger charge is 2.11. The maximum absolute atomic E-state index is 4.38. The van der Waals surface area contributed by atoms with Gasteiger partial charge in [0.15, 0.2) is 0 Å². The molecule has 0 atom stereocenters. The van der Waals surface area contributed by atoms with Crippen LogP contribution in [0.4, 0.5) is 0 Å². The molecule has 4 nitrogen and oxygen atoms in total. The average Bonchev–Trinajstić information content (AvgIpc) is 2.97. The van der Waals surface area contributed by atoms with Crippen molar-refractivity contribution in [3.8, 4) is 0 Å². The van der Waals surface area contributed by atoms with Gasteiger partial charge in [0.1, 0.15) is 22.1 Å². The summed E-state index contributed by atoms with van der Waals surface area (Å²) in [5.41, 5.74) is 5.02. The Labute approximate surface area is 105 Å². The minimum absolute atomic E-state index is 0.949. The van der Waals surface area contributed by atoms with Gasteiger partial charge in [-0.15, -0.1) is 0 Å². The second kappa shape index (κ2) is 3.18. The molecule has 0 amide bonds. The lowest BCUT2D eigenvalue weighted by molar-refractivity contribution is 1.51. The molecule has 0 N–H and O–H groups in total. The minimum Gasteiger partial charge on any atom is -0.173 e. The van der Waals surface area contributed by atoms with Gasteiger partial charge in [-0.25, -0.2) is 0 Å². The summed E-state index contributed by atoms with van der Waals surface area (Å²) in [6, 6.07) is 6.18. The largest absolute Gasteiger partial charge is 0.173 e. The fourth-order valence-corrected chi connectivity index (χ4v) is 3.30. The highest BCUT2D eigenvalue weighted by atomic mass is 32.1. The molecule has 0 aliphatic rings. The third-order valence-electron chi connectivity index (χ3n) is 2.95. The molecule has 4 aromatic rings. The highest BCUT2D eigenvalue weighted by molar-refractivity contribution is 7.00. The standard InChI is InChI=1S/C11H6N4S2/c1-5-4-7-6(11-9(5)13-17-15-11)2-3-8-10(7)14-16-12-8/h2-4H,1H3.